The van der Waals surface area contributed by atoms with Crippen LogP contribution in [0.2, 0.25) is 0 Å². The average Bonchev–Trinajstić information content (AvgIpc) is 3.14. The van der Waals surface area contributed by atoms with E-state index in [0.717, 1.165) is 15.8 Å². The Morgan fingerprint density at radius 3 is 2.77 bits per heavy atom. The van der Waals surface area contributed by atoms with Crippen LogP contribution < -0.4 is 0 Å². The predicted molar refractivity (Wildman–Crippen MR) is 99.2 cm³/mol. The van der Waals surface area contributed by atoms with Gasteiger partial charge in [-0.15, -0.1) is 5.10 Å². The topological polar surface area (TPSA) is 74.3 Å². The maximum Gasteiger partial charge on any atom is 0.361 e. The highest BCUT2D eigenvalue weighted by Crippen LogP contribution is 2.41. The Bertz CT molecular complexity index is 981. The van der Waals surface area contributed by atoms with Gasteiger partial charge in [-0.1, -0.05) is 5.21 Å². The summed E-state index contributed by atoms with van der Waals surface area (Å²) in [7, 11) is 0. The molecule has 26 heavy (non-hydrogen) atoms. The zero-order valence-corrected chi connectivity index (χ0v) is 16.5. The van der Waals surface area contributed by atoms with Crippen LogP contribution in [0.3, 0.4) is 0 Å². The molecular formula is C18H20BrN5O2. The van der Waals surface area contributed by atoms with Crippen molar-refractivity contribution in [2.75, 3.05) is 0 Å². The second-order valence-electron chi connectivity index (χ2n) is 7.66. The van der Waals surface area contributed by atoms with E-state index < -0.39 is 11.6 Å². The number of esters is 1. The van der Waals surface area contributed by atoms with Gasteiger partial charge >= 0.3 is 5.97 Å². The van der Waals surface area contributed by atoms with Crippen LogP contribution in [0.4, 0.5) is 0 Å². The molecule has 136 valence electrons. The maximum absolute atomic E-state index is 12.1. The molecule has 3 aromatic heterocycles. The van der Waals surface area contributed by atoms with Crippen LogP contribution in [0.1, 0.15) is 61.3 Å². The van der Waals surface area contributed by atoms with Gasteiger partial charge in [0.05, 0.1) is 22.9 Å². The van der Waals surface area contributed by atoms with E-state index in [2.05, 4.69) is 43.5 Å². The van der Waals surface area contributed by atoms with Crippen LogP contribution in [-0.4, -0.2) is 35.9 Å². The summed E-state index contributed by atoms with van der Waals surface area (Å²) in [6.45, 7) is 5.89. The van der Waals surface area contributed by atoms with E-state index in [1.165, 1.54) is 18.4 Å². The molecule has 0 atom stereocenters. The first kappa shape index (κ1) is 17.2. The van der Waals surface area contributed by atoms with Crippen LogP contribution in [0, 0.1) is 0 Å². The van der Waals surface area contributed by atoms with Crippen molar-refractivity contribution in [1.82, 2.24) is 24.4 Å². The summed E-state index contributed by atoms with van der Waals surface area (Å²) >= 11 is 3.61. The number of hydrogen-bond donors (Lipinski definition) is 0. The lowest BCUT2D eigenvalue weighted by Crippen LogP contribution is -2.24. The third-order valence-electron chi connectivity index (χ3n) is 4.10. The Kier molecular flexibility index (Phi) is 4.10. The number of nitrogens with zero attached hydrogens (tertiary/aromatic N) is 5. The van der Waals surface area contributed by atoms with E-state index in [1.807, 2.05) is 31.4 Å². The summed E-state index contributed by atoms with van der Waals surface area (Å²) in [6.07, 6.45) is 8.23. The monoisotopic (exact) mass is 417 g/mol. The van der Waals surface area contributed by atoms with Crippen molar-refractivity contribution in [3.8, 4) is 0 Å². The van der Waals surface area contributed by atoms with Crippen molar-refractivity contribution in [3.63, 3.8) is 0 Å². The molecule has 0 unspecified atom stereocenters. The van der Waals surface area contributed by atoms with Gasteiger partial charge in [0.25, 0.3) is 0 Å². The average molecular weight is 418 g/mol. The standard InChI is InChI=1S/C18H20BrN5O2/c1-18(2,3)26-17(25)15-10-24(22-21-15)9-13-8-23-7-12(11-4-5-11)6-14(19)16(23)20-13/h6-8,10-11H,4-5,9H2,1-3H3. The second-order valence-corrected chi connectivity index (χ2v) is 8.52. The normalized spacial score (nSPS) is 14.8. The molecule has 1 aliphatic rings. The molecule has 0 aliphatic heterocycles. The molecule has 0 saturated heterocycles. The van der Waals surface area contributed by atoms with Gasteiger partial charge in [0, 0.05) is 12.4 Å². The molecule has 1 fully saturated rings. The van der Waals surface area contributed by atoms with Crippen molar-refractivity contribution in [1.29, 1.82) is 0 Å². The zero-order chi connectivity index (χ0) is 18.5. The maximum atomic E-state index is 12.1. The highest BCUT2D eigenvalue weighted by Gasteiger charge is 2.25. The number of fused-ring (bicyclic) bond motifs is 1. The first-order valence-electron chi connectivity index (χ1n) is 8.59. The summed E-state index contributed by atoms with van der Waals surface area (Å²) in [6, 6.07) is 2.15. The van der Waals surface area contributed by atoms with Crippen molar-refractivity contribution in [3.05, 3.63) is 46.1 Å². The number of halogens is 1. The van der Waals surface area contributed by atoms with E-state index in [1.54, 1.807) is 10.9 Å². The van der Waals surface area contributed by atoms with Gasteiger partial charge in [-0.3, -0.25) is 0 Å². The number of aromatic nitrogens is 5. The summed E-state index contributed by atoms with van der Waals surface area (Å²) in [5.74, 6) is 0.198. The van der Waals surface area contributed by atoms with Crippen molar-refractivity contribution in [2.45, 2.75) is 51.7 Å². The minimum absolute atomic E-state index is 0.195. The molecule has 0 aromatic carbocycles. The molecule has 0 spiro atoms. The van der Waals surface area contributed by atoms with E-state index in [-0.39, 0.29) is 5.69 Å². The smallest absolute Gasteiger partial charge is 0.361 e. The number of imidazole rings is 1. The van der Waals surface area contributed by atoms with E-state index in [4.69, 9.17) is 4.74 Å². The zero-order valence-electron chi connectivity index (χ0n) is 14.9. The summed E-state index contributed by atoms with van der Waals surface area (Å²) in [5.41, 5.74) is 2.69. The number of carbonyl (C=O) groups excluding carboxylic acids is 1. The Morgan fingerprint density at radius 2 is 2.08 bits per heavy atom. The SMILES string of the molecule is CC(C)(C)OC(=O)c1cn(Cc2cn3cc(C4CC4)cc(Br)c3n2)nn1. The van der Waals surface area contributed by atoms with Crippen molar-refractivity contribution < 1.29 is 9.53 Å². The third kappa shape index (κ3) is 3.65. The molecule has 3 heterocycles. The van der Waals surface area contributed by atoms with Gasteiger partial charge < -0.3 is 9.14 Å². The molecule has 1 aliphatic carbocycles. The number of rotatable bonds is 4. The van der Waals surface area contributed by atoms with E-state index in [9.17, 15) is 4.79 Å². The second kappa shape index (κ2) is 6.19. The quantitative estimate of drug-likeness (QED) is 0.606. The highest BCUT2D eigenvalue weighted by atomic mass is 79.9. The highest BCUT2D eigenvalue weighted by molar-refractivity contribution is 9.10. The number of ether oxygens (including phenoxy) is 1. The van der Waals surface area contributed by atoms with Gasteiger partial charge in [-0.2, -0.15) is 0 Å². The van der Waals surface area contributed by atoms with E-state index >= 15 is 0 Å². The molecule has 0 bridgehead atoms. The van der Waals surface area contributed by atoms with Gasteiger partial charge in [-0.25, -0.2) is 14.5 Å². The molecule has 7 nitrogen and oxygen atoms in total. The summed E-state index contributed by atoms with van der Waals surface area (Å²) in [4.78, 5) is 16.7. The van der Waals surface area contributed by atoms with Crippen LogP contribution in [0.15, 0.2) is 29.1 Å². The molecule has 4 rings (SSSR count). The van der Waals surface area contributed by atoms with Gasteiger partial charge in [-0.05, 0) is 67.1 Å². The van der Waals surface area contributed by atoms with Crippen LogP contribution >= 0.6 is 15.9 Å². The summed E-state index contributed by atoms with van der Waals surface area (Å²) < 4.78 is 9.93. The van der Waals surface area contributed by atoms with E-state index in [0.29, 0.717) is 12.5 Å². The molecule has 0 N–H and O–H groups in total. The van der Waals surface area contributed by atoms with Gasteiger partial charge in [0.1, 0.15) is 5.60 Å². The number of carbonyl (C=O) groups is 1. The van der Waals surface area contributed by atoms with Crippen LogP contribution in [0.25, 0.3) is 5.65 Å². The lowest BCUT2D eigenvalue weighted by atomic mass is 10.2. The Labute approximate surface area is 159 Å². The van der Waals surface area contributed by atoms with Crippen LogP contribution in [0.5, 0.6) is 0 Å². The van der Waals surface area contributed by atoms with Gasteiger partial charge in [0.2, 0.25) is 0 Å². The Hall–Kier alpha value is -2.22. The minimum atomic E-state index is -0.562. The third-order valence-corrected chi connectivity index (χ3v) is 4.68. The molecule has 3 aromatic rings. The lowest BCUT2D eigenvalue weighted by molar-refractivity contribution is 0.00627. The molecule has 0 radical (unpaired) electrons. The predicted octanol–water partition coefficient (Wildman–Crippen LogP) is 3.57. The Balaban J connectivity index is 1.54. The van der Waals surface area contributed by atoms with Crippen molar-refractivity contribution in [2.24, 2.45) is 0 Å². The fourth-order valence-corrected chi connectivity index (χ4v) is 3.37. The molecule has 8 heteroatoms. The molecular weight excluding hydrogens is 398 g/mol. The Morgan fingerprint density at radius 1 is 1.31 bits per heavy atom. The molecule has 1 saturated carbocycles. The first-order chi connectivity index (χ1) is 12.3. The minimum Gasteiger partial charge on any atom is -0.455 e. The first-order valence-corrected chi connectivity index (χ1v) is 9.38. The fourth-order valence-electron chi connectivity index (χ4n) is 2.81. The summed E-state index contributed by atoms with van der Waals surface area (Å²) in [5, 5.41) is 7.92. The van der Waals surface area contributed by atoms with Crippen molar-refractivity contribution >= 4 is 27.5 Å². The van der Waals surface area contributed by atoms with Crippen LogP contribution in [-0.2, 0) is 11.3 Å². The lowest BCUT2D eigenvalue weighted by Gasteiger charge is -2.18. The van der Waals surface area contributed by atoms with Gasteiger partial charge in [0.15, 0.2) is 11.3 Å². The molecule has 0 amide bonds. The number of pyridine rings is 1. The number of hydrogen-bond acceptors (Lipinski definition) is 5. The largest absolute Gasteiger partial charge is 0.455 e. The fraction of sp³-hybridized carbons (Fsp3) is 0.444.